The number of nitriles is 1. The van der Waals surface area contributed by atoms with E-state index in [1.54, 1.807) is 24.3 Å². The molecule has 2 N–H and O–H groups in total. The quantitative estimate of drug-likeness (QED) is 0.426. The van der Waals surface area contributed by atoms with E-state index in [0.717, 1.165) is 11.1 Å². The Labute approximate surface area is 209 Å². The first-order valence-electron chi connectivity index (χ1n) is 11.4. The van der Waals surface area contributed by atoms with Crippen LogP contribution in [0.1, 0.15) is 22.3 Å². The van der Waals surface area contributed by atoms with Crippen LogP contribution in [0.3, 0.4) is 0 Å². The number of methoxy groups -OCH3 is 1. The van der Waals surface area contributed by atoms with Crippen LogP contribution in [0.2, 0.25) is 0 Å². The molecule has 0 saturated carbocycles. The number of ether oxygens (including phenoxy) is 2. The number of benzene rings is 3. The van der Waals surface area contributed by atoms with Gasteiger partial charge in [0.15, 0.2) is 0 Å². The van der Waals surface area contributed by atoms with Crippen molar-refractivity contribution in [2.24, 2.45) is 0 Å². The summed E-state index contributed by atoms with van der Waals surface area (Å²) in [6.45, 7) is 0.0480. The van der Waals surface area contributed by atoms with Gasteiger partial charge in [-0.3, -0.25) is 4.79 Å². The van der Waals surface area contributed by atoms with Crippen LogP contribution in [0.25, 0.3) is 0 Å². The molecule has 0 spiro atoms. The average Bonchev–Trinajstić information content (AvgIpc) is 2.92. The van der Waals surface area contributed by atoms with Gasteiger partial charge in [0.1, 0.15) is 18.7 Å². The van der Waals surface area contributed by atoms with E-state index in [1.807, 2.05) is 60.7 Å². The number of hydrogen-bond donors (Lipinski definition) is 2. The van der Waals surface area contributed by atoms with E-state index in [2.05, 4.69) is 16.7 Å². The van der Waals surface area contributed by atoms with Crippen molar-refractivity contribution in [3.05, 3.63) is 107 Å². The average molecular weight is 486 g/mol. The van der Waals surface area contributed by atoms with Crippen molar-refractivity contribution in [1.29, 1.82) is 5.26 Å². The van der Waals surface area contributed by atoms with Crippen LogP contribution < -0.4 is 10.6 Å². The maximum atomic E-state index is 13.3. The standard InChI is InChI=1S/C28H27N3O5/c1-35-27(33)25(17-22-13-8-14-23(15-22)18-29)30-26(32)24(16-20-9-4-2-5-10-20)31-28(34)36-19-21-11-6-3-7-12-21/h2-15,24-25H,16-17,19H2,1H3,(H,30,32)(H,31,34)/t24-,25-/m0/s1. The Balaban J connectivity index is 1.73. The first-order valence-corrected chi connectivity index (χ1v) is 11.4. The molecule has 2 amide bonds. The number of nitrogens with zero attached hydrogens (tertiary/aromatic N) is 1. The third-order valence-electron chi connectivity index (χ3n) is 5.40. The molecule has 3 rings (SSSR count). The van der Waals surface area contributed by atoms with Crippen molar-refractivity contribution in [2.45, 2.75) is 31.5 Å². The minimum atomic E-state index is -1.02. The highest BCUT2D eigenvalue weighted by Crippen LogP contribution is 2.10. The number of hydrogen-bond acceptors (Lipinski definition) is 6. The first-order chi connectivity index (χ1) is 17.5. The molecule has 0 saturated heterocycles. The van der Waals surface area contributed by atoms with Crippen LogP contribution in [0.5, 0.6) is 0 Å². The molecule has 2 atom stereocenters. The highest BCUT2D eigenvalue weighted by molar-refractivity contribution is 5.90. The minimum absolute atomic E-state index is 0.0480. The van der Waals surface area contributed by atoms with Crippen molar-refractivity contribution in [1.82, 2.24) is 10.6 Å². The maximum absolute atomic E-state index is 13.3. The molecule has 0 aliphatic heterocycles. The van der Waals surface area contributed by atoms with E-state index in [-0.39, 0.29) is 19.4 Å². The molecule has 0 unspecified atom stereocenters. The lowest BCUT2D eigenvalue weighted by atomic mass is 10.0. The number of carbonyl (C=O) groups is 3. The van der Waals surface area contributed by atoms with Gasteiger partial charge in [-0.15, -0.1) is 0 Å². The summed E-state index contributed by atoms with van der Waals surface area (Å²) in [6, 6.07) is 25.1. The van der Waals surface area contributed by atoms with E-state index < -0.39 is 30.1 Å². The van der Waals surface area contributed by atoms with Crippen molar-refractivity contribution in [3.63, 3.8) is 0 Å². The molecule has 0 aliphatic carbocycles. The topological polar surface area (TPSA) is 118 Å². The van der Waals surface area contributed by atoms with Crippen LogP contribution in [0.4, 0.5) is 4.79 Å². The molecule has 0 radical (unpaired) electrons. The second-order valence-electron chi connectivity index (χ2n) is 8.05. The van der Waals surface area contributed by atoms with Gasteiger partial charge in [0, 0.05) is 12.8 Å². The van der Waals surface area contributed by atoms with Crippen molar-refractivity contribution in [2.75, 3.05) is 7.11 Å². The highest BCUT2D eigenvalue weighted by Gasteiger charge is 2.28. The number of esters is 1. The van der Waals surface area contributed by atoms with Gasteiger partial charge in [0.05, 0.1) is 18.7 Å². The fourth-order valence-electron chi connectivity index (χ4n) is 3.58. The fourth-order valence-corrected chi connectivity index (χ4v) is 3.58. The van der Waals surface area contributed by atoms with Crippen LogP contribution in [-0.2, 0) is 38.5 Å². The van der Waals surface area contributed by atoms with Gasteiger partial charge in [0.25, 0.3) is 0 Å². The normalized spacial score (nSPS) is 11.9. The fraction of sp³-hybridized carbons (Fsp3) is 0.214. The van der Waals surface area contributed by atoms with Crippen molar-refractivity contribution in [3.8, 4) is 6.07 Å². The lowest BCUT2D eigenvalue weighted by molar-refractivity contribution is -0.145. The molecular formula is C28H27N3O5. The number of carbonyl (C=O) groups excluding carboxylic acids is 3. The molecular weight excluding hydrogens is 458 g/mol. The van der Waals surface area contributed by atoms with Gasteiger partial charge in [-0.2, -0.15) is 5.26 Å². The van der Waals surface area contributed by atoms with Crippen molar-refractivity contribution >= 4 is 18.0 Å². The largest absolute Gasteiger partial charge is 0.467 e. The van der Waals surface area contributed by atoms with Crippen LogP contribution in [0, 0.1) is 11.3 Å². The molecule has 0 heterocycles. The molecule has 8 heteroatoms. The first kappa shape index (κ1) is 26.0. The van der Waals surface area contributed by atoms with Gasteiger partial charge < -0.3 is 20.1 Å². The second-order valence-corrected chi connectivity index (χ2v) is 8.05. The third kappa shape index (κ3) is 7.99. The summed E-state index contributed by atoms with van der Waals surface area (Å²) in [5.41, 5.74) is 2.74. The highest BCUT2D eigenvalue weighted by atomic mass is 16.5. The van der Waals surface area contributed by atoms with E-state index in [0.29, 0.717) is 11.1 Å². The van der Waals surface area contributed by atoms with E-state index in [4.69, 9.17) is 14.7 Å². The molecule has 3 aromatic carbocycles. The van der Waals surface area contributed by atoms with Crippen LogP contribution in [-0.4, -0.2) is 37.2 Å². The Morgan fingerprint density at radius 3 is 2.06 bits per heavy atom. The molecule has 0 aliphatic rings. The summed E-state index contributed by atoms with van der Waals surface area (Å²) in [4.78, 5) is 38.2. The Kier molecular flexibility index (Phi) is 9.60. The summed E-state index contributed by atoms with van der Waals surface area (Å²) in [6.07, 6.45) is -0.457. The predicted molar refractivity (Wildman–Crippen MR) is 133 cm³/mol. The second kappa shape index (κ2) is 13.3. The molecule has 8 nitrogen and oxygen atoms in total. The Bertz CT molecular complexity index is 1210. The van der Waals surface area contributed by atoms with E-state index in [1.165, 1.54) is 7.11 Å². The lowest BCUT2D eigenvalue weighted by Crippen LogP contribution is -2.53. The Morgan fingerprint density at radius 1 is 0.806 bits per heavy atom. The molecule has 3 aromatic rings. The van der Waals surface area contributed by atoms with Gasteiger partial charge in [-0.05, 0) is 28.8 Å². The molecule has 36 heavy (non-hydrogen) atoms. The van der Waals surface area contributed by atoms with Gasteiger partial charge in [-0.25, -0.2) is 9.59 Å². The lowest BCUT2D eigenvalue weighted by Gasteiger charge is -2.22. The number of alkyl carbamates (subject to hydrolysis) is 1. The van der Waals surface area contributed by atoms with E-state index >= 15 is 0 Å². The molecule has 0 fully saturated rings. The summed E-state index contributed by atoms with van der Waals surface area (Å²) < 4.78 is 10.2. The number of rotatable bonds is 10. The molecule has 0 aromatic heterocycles. The van der Waals surface area contributed by atoms with E-state index in [9.17, 15) is 14.4 Å². The Morgan fingerprint density at radius 2 is 1.42 bits per heavy atom. The number of nitrogens with one attached hydrogen (secondary N) is 2. The predicted octanol–water partition coefficient (Wildman–Crippen LogP) is 3.30. The summed E-state index contributed by atoms with van der Waals surface area (Å²) in [5.74, 6) is -1.21. The SMILES string of the molecule is COC(=O)[C@H](Cc1cccc(C#N)c1)NC(=O)[C@H](Cc1ccccc1)NC(=O)OCc1ccccc1. The minimum Gasteiger partial charge on any atom is -0.467 e. The summed E-state index contributed by atoms with van der Waals surface area (Å²) in [7, 11) is 1.23. The van der Waals surface area contributed by atoms with Gasteiger partial charge in [0.2, 0.25) is 5.91 Å². The van der Waals surface area contributed by atoms with Gasteiger partial charge in [-0.1, -0.05) is 72.8 Å². The van der Waals surface area contributed by atoms with Crippen LogP contribution in [0.15, 0.2) is 84.9 Å². The molecule has 0 bridgehead atoms. The maximum Gasteiger partial charge on any atom is 0.408 e. The van der Waals surface area contributed by atoms with Crippen LogP contribution >= 0.6 is 0 Å². The molecule has 184 valence electrons. The Hall–Kier alpha value is -4.64. The van der Waals surface area contributed by atoms with Crippen molar-refractivity contribution < 1.29 is 23.9 Å². The monoisotopic (exact) mass is 485 g/mol. The number of amides is 2. The zero-order valence-electron chi connectivity index (χ0n) is 19.8. The third-order valence-corrected chi connectivity index (χ3v) is 5.40. The summed E-state index contributed by atoms with van der Waals surface area (Å²) in [5, 5.41) is 14.4. The summed E-state index contributed by atoms with van der Waals surface area (Å²) >= 11 is 0. The zero-order chi connectivity index (χ0) is 25.8. The smallest absolute Gasteiger partial charge is 0.408 e. The zero-order valence-corrected chi connectivity index (χ0v) is 19.8. The van der Waals surface area contributed by atoms with Gasteiger partial charge >= 0.3 is 12.1 Å².